The third-order valence-corrected chi connectivity index (χ3v) is 4.89. The summed E-state index contributed by atoms with van der Waals surface area (Å²) in [5.74, 6) is 1.08. The van der Waals surface area contributed by atoms with E-state index in [4.69, 9.17) is 0 Å². The smallest absolute Gasteiger partial charge is 0.128 e. The van der Waals surface area contributed by atoms with Crippen LogP contribution in [0.1, 0.15) is 31.4 Å². The van der Waals surface area contributed by atoms with Gasteiger partial charge in [0.25, 0.3) is 0 Å². The molecule has 0 amide bonds. The topological polar surface area (TPSA) is 19.4 Å². The molecule has 1 aliphatic rings. The highest BCUT2D eigenvalue weighted by atomic mass is 15.2. The molecule has 3 rings (SSSR count). The van der Waals surface area contributed by atoms with Crippen molar-refractivity contribution in [2.45, 2.75) is 31.8 Å². The van der Waals surface area contributed by atoms with Crippen molar-refractivity contribution in [2.24, 2.45) is 0 Å². The summed E-state index contributed by atoms with van der Waals surface area (Å²) in [4.78, 5) is 9.40. The van der Waals surface area contributed by atoms with Crippen molar-refractivity contribution in [1.82, 2.24) is 9.88 Å². The lowest BCUT2D eigenvalue weighted by atomic mass is 9.99. The van der Waals surface area contributed by atoms with E-state index in [1.165, 1.54) is 18.4 Å². The maximum atomic E-state index is 4.47. The number of anilines is 1. The molecule has 1 aliphatic heterocycles. The minimum Gasteiger partial charge on any atom is -0.357 e. The largest absolute Gasteiger partial charge is 0.357 e. The van der Waals surface area contributed by atoms with Crippen LogP contribution in [-0.4, -0.2) is 36.1 Å². The van der Waals surface area contributed by atoms with Crippen LogP contribution < -0.4 is 4.90 Å². The molecule has 0 radical (unpaired) electrons. The van der Waals surface area contributed by atoms with Gasteiger partial charge in [0.15, 0.2) is 0 Å². The number of hydrogen-bond acceptors (Lipinski definition) is 3. The first-order chi connectivity index (χ1) is 10.8. The normalized spacial score (nSPS) is 18.1. The van der Waals surface area contributed by atoms with Crippen molar-refractivity contribution < 1.29 is 0 Å². The molecule has 2 aromatic rings. The fraction of sp³-hybridized carbons (Fsp3) is 0.421. The van der Waals surface area contributed by atoms with Crippen LogP contribution >= 0.6 is 0 Å². The van der Waals surface area contributed by atoms with Gasteiger partial charge in [-0.05, 0) is 37.5 Å². The zero-order valence-corrected chi connectivity index (χ0v) is 13.5. The van der Waals surface area contributed by atoms with E-state index in [-0.39, 0.29) is 0 Å². The van der Waals surface area contributed by atoms with Crippen molar-refractivity contribution in [3.8, 4) is 0 Å². The Bertz CT molecular complexity index is 508. The summed E-state index contributed by atoms with van der Waals surface area (Å²) in [7, 11) is 2.17. The maximum absolute atomic E-state index is 4.47. The molecule has 1 unspecified atom stereocenters. The van der Waals surface area contributed by atoms with Crippen LogP contribution in [0.25, 0.3) is 0 Å². The number of hydrogen-bond donors (Lipinski definition) is 0. The molecule has 3 heteroatoms. The average molecular weight is 295 g/mol. The monoisotopic (exact) mass is 295 g/mol. The van der Waals surface area contributed by atoms with Gasteiger partial charge >= 0.3 is 0 Å². The van der Waals surface area contributed by atoms with Gasteiger partial charge in [-0.25, -0.2) is 4.98 Å². The molecule has 0 saturated carbocycles. The van der Waals surface area contributed by atoms with Crippen molar-refractivity contribution in [3.05, 3.63) is 60.3 Å². The number of aromatic nitrogens is 1. The minimum atomic E-state index is 0.502. The molecule has 1 atom stereocenters. The van der Waals surface area contributed by atoms with Gasteiger partial charge in [-0.15, -0.1) is 0 Å². The second-order valence-electron chi connectivity index (χ2n) is 6.15. The maximum Gasteiger partial charge on any atom is 0.128 e. The van der Waals surface area contributed by atoms with Crippen molar-refractivity contribution in [2.75, 3.05) is 25.0 Å². The highest BCUT2D eigenvalue weighted by Crippen LogP contribution is 2.26. The zero-order valence-electron chi connectivity index (χ0n) is 13.5. The summed E-state index contributed by atoms with van der Waals surface area (Å²) in [6.45, 7) is 4.62. The third kappa shape index (κ3) is 3.30. The first-order valence-electron chi connectivity index (χ1n) is 8.18. The molecule has 0 spiro atoms. The quantitative estimate of drug-likeness (QED) is 0.856. The summed E-state index contributed by atoms with van der Waals surface area (Å²) >= 11 is 0. The first-order valence-corrected chi connectivity index (χ1v) is 8.18. The standard InChI is InChI=1S/C19H25N3/c1-16(17-8-4-3-5-9-17)22-14-11-18(12-15-22)21(2)19-10-6-7-13-20-19/h3-10,13,16,18H,11-12,14-15H2,1-2H3. The molecule has 0 N–H and O–H groups in total. The Morgan fingerprint density at radius 3 is 2.36 bits per heavy atom. The van der Waals surface area contributed by atoms with E-state index >= 15 is 0 Å². The van der Waals surface area contributed by atoms with Gasteiger partial charge in [-0.3, -0.25) is 4.90 Å². The molecular formula is C19H25N3. The van der Waals surface area contributed by atoms with E-state index < -0.39 is 0 Å². The van der Waals surface area contributed by atoms with Gasteiger partial charge in [0.05, 0.1) is 0 Å². The second-order valence-corrected chi connectivity index (χ2v) is 6.15. The van der Waals surface area contributed by atoms with Crippen LogP contribution in [0.3, 0.4) is 0 Å². The Kier molecular flexibility index (Phi) is 4.74. The van der Waals surface area contributed by atoms with E-state index in [1.807, 2.05) is 12.3 Å². The zero-order chi connectivity index (χ0) is 15.4. The molecule has 2 heterocycles. The third-order valence-electron chi connectivity index (χ3n) is 4.89. The fourth-order valence-corrected chi connectivity index (χ4v) is 3.35. The number of nitrogens with zero attached hydrogens (tertiary/aromatic N) is 3. The second kappa shape index (κ2) is 6.93. The van der Waals surface area contributed by atoms with Crippen LogP contribution in [0.2, 0.25) is 0 Å². The lowest BCUT2D eigenvalue weighted by Gasteiger charge is -2.40. The Hall–Kier alpha value is -1.87. The van der Waals surface area contributed by atoms with Gasteiger partial charge < -0.3 is 4.90 Å². The van der Waals surface area contributed by atoms with Crippen molar-refractivity contribution >= 4 is 5.82 Å². The van der Waals surface area contributed by atoms with Crippen molar-refractivity contribution in [1.29, 1.82) is 0 Å². The van der Waals surface area contributed by atoms with Gasteiger partial charge in [0, 0.05) is 38.4 Å². The molecular weight excluding hydrogens is 270 g/mol. The van der Waals surface area contributed by atoms with Crippen LogP contribution in [0.4, 0.5) is 5.82 Å². The van der Waals surface area contributed by atoms with Crippen LogP contribution in [-0.2, 0) is 0 Å². The summed E-state index contributed by atoms with van der Waals surface area (Å²) in [5.41, 5.74) is 1.42. The van der Waals surface area contributed by atoms with Gasteiger partial charge in [0.2, 0.25) is 0 Å². The Balaban J connectivity index is 1.58. The Morgan fingerprint density at radius 2 is 1.73 bits per heavy atom. The Labute approximate surface area is 133 Å². The lowest BCUT2D eigenvalue weighted by molar-refractivity contribution is 0.161. The van der Waals surface area contributed by atoms with Gasteiger partial charge in [-0.2, -0.15) is 0 Å². The molecule has 1 aromatic carbocycles. The average Bonchev–Trinajstić information content (AvgIpc) is 2.62. The number of rotatable bonds is 4. The molecule has 1 saturated heterocycles. The molecule has 3 nitrogen and oxygen atoms in total. The molecule has 0 aliphatic carbocycles. The summed E-state index contributed by atoms with van der Waals surface area (Å²) in [5, 5.41) is 0. The number of pyridine rings is 1. The highest BCUT2D eigenvalue weighted by Gasteiger charge is 2.26. The lowest BCUT2D eigenvalue weighted by Crippen LogP contribution is -2.44. The summed E-state index contributed by atoms with van der Waals surface area (Å²) < 4.78 is 0. The predicted octanol–water partition coefficient (Wildman–Crippen LogP) is 3.74. The number of likely N-dealkylation sites (tertiary alicyclic amines) is 1. The minimum absolute atomic E-state index is 0.502. The molecule has 0 bridgehead atoms. The van der Waals surface area contributed by atoms with Crippen LogP contribution in [0.5, 0.6) is 0 Å². The highest BCUT2D eigenvalue weighted by molar-refractivity contribution is 5.38. The SMILES string of the molecule is CC(c1ccccc1)N1CCC(N(C)c2ccccn2)CC1. The molecule has 22 heavy (non-hydrogen) atoms. The number of benzene rings is 1. The summed E-state index contributed by atoms with van der Waals surface area (Å²) in [6, 6.07) is 18.0. The fourth-order valence-electron chi connectivity index (χ4n) is 3.35. The first kappa shape index (κ1) is 15.0. The van der Waals surface area contributed by atoms with Crippen LogP contribution in [0, 0.1) is 0 Å². The van der Waals surface area contributed by atoms with E-state index in [1.54, 1.807) is 0 Å². The van der Waals surface area contributed by atoms with Gasteiger partial charge in [-0.1, -0.05) is 36.4 Å². The predicted molar refractivity (Wildman–Crippen MR) is 92.1 cm³/mol. The molecule has 1 aromatic heterocycles. The van der Waals surface area contributed by atoms with E-state index in [0.29, 0.717) is 12.1 Å². The van der Waals surface area contributed by atoms with Crippen LogP contribution in [0.15, 0.2) is 54.7 Å². The van der Waals surface area contributed by atoms with E-state index in [9.17, 15) is 0 Å². The summed E-state index contributed by atoms with van der Waals surface area (Å²) in [6.07, 6.45) is 4.27. The van der Waals surface area contributed by atoms with E-state index in [0.717, 1.165) is 18.9 Å². The molecule has 116 valence electrons. The van der Waals surface area contributed by atoms with Crippen molar-refractivity contribution in [3.63, 3.8) is 0 Å². The number of piperidine rings is 1. The van der Waals surface area contributed by atoms with Gasteiger partial charge in [0.1, 0.15) is 5.82 Å². The van der Waals surface area contributed by atoms with E-state index in [2.05, 4.69) is 71.2 Å². The molecule has 1 fully saturated rings. The Morgan fingerprint density at radius 1 is 1.05 bits per heavy atom.